The van der Waals surface area contributed by atoms with Gasteiger partial charge in [-0.3, -0.25) is 14.7 Å². The third-order valence-electron chi connectivity index (χ3n) is 6.94. The van der Waals surface area contributed by atoms with E-state index in [1.807, 2.05) is 26.8 Å². The van der Waals surface area contributed by atoms with Gasteiger partial charge in [-0.05, 0) is 51.1 Å². The second kappa shape index (κ2) is 11.3. The average Bonchev–Trinajstić information content (AvgIpc) is 3.29. The van der Waals surface area contributed by atoms with E-state index < -0.39 is 17.5 Å². The summed E-state index contributed by atoms with van der Waals surface area (Å²) in [4.78, 5) is 40.9. The van der Waals surface area contributed by atoms with E-state index in [4.69, 9.17) is 19.2 Å². The molecule has 1 saturated heterocycles. The number of carbonyl (C=O) groups excluding carboxylic acids is 2. The minimum atomic E-state index is -0.645. The summed E-state index contributed by atoms with van der Waals surface area (Å²) in [6.45, 7) is 8.28. The maximum atomic E-state index is 15.0. The first kappa shape index (κ1) is 28.3. The number of benzene rings is 1. The molecule has 4 heterocycles. The smallest absolute Gasteiger partial charge is 0.410 e. The van der Waals surface area contributed by atoms with Crippen molar-refractivity contribution in [3.05, 3.63) is 65.2 Å². The quantitative estimate of drug-likeness (QED) is 0.428. The Bertz CT molecular complexity index is 1470. The number of hydrogen-bond donors (Lipinski definition) is 0. The van der Waals surface area contributed by atoms with Crippen LogP contribution in [-0.4, -0.2) is 72.9 Å². The Morgan fingerprint density at radius 2 is 1.90 bits per heavy atom. The number of aromatic nitrogens is 2. The molecule has 0 bridgehead atoms. The molecule has 2 amide bonds. The van der Waals surface area contributed by atoms with Crippen LogP contribution in [0.1, 0.15) is 42.4 Å². The van der Waals surface area contributed by atoms with E-state index in [1.165, 1.54) is 24.3 Å². The lowest BCUT2D eigenvalue weighted by atomic mass is 10.0. The predicted molar refractivity (Wildman–Crippen MR) is 152 cm³/mol. The molecule has 0 saturated carbocycles. The largest absolute Gasteiger partial charge is 0.496 e. The zero-order chi connectivity index (χ0) is 29.3. The number of halogens is 1. The van der Waals surface area contributed by atoms with Crippen molar-refractivity contribution >= 4 is 23.5 Å². The second-order valence-electron chi connectivity index (χ2n) is 11.0. The normalized spacial score (nSPS) is 15.1. The number of nitrogens with zero attached hydrogens (tertiary/aromatic N) is 5. The number of fused-ring (bicyclic) bond motifs is 1. The van der Waals surface area contributed by atoms with E-state index >= 15 is 0 Å². The lowest BCUT2D eigenvalue weighted by molar-refractivity contribution is 0.0283. The number of amides is 2. The zero-order valence-electron chi connectivity index (χ0n) is 23.9. The molecule has 11 heteroatoms. The van der Waals surface area contributed by atoms with Gasteiger partial charge in [0.25, 0.3) is 5.91 Å². The first-order valence-corrected chi connectivity index (χ1v) is 13.5. The zero-order valence-corrected chi connectivity index (χ0v) is 23.9. The molecule has 0 N–H and O–H groups in total. The van der Waals surface area contributed by atoms with E-state index in [0.717, 1.165) is 5.69 Å². The topological polar surface area (TPSA) is 97.3 Å². The fourth-order valence-electron chi connectivity index (χ4n) is 5.00. The van der Waals surface area contributed by atoms with Crippen molar-refractivity contribution in [1.82, 2.24) is 14.9 Å². The molecular weight excluding hydrogens is 529 g/mol. The summed E-state index contributed by atoms with van der Waals surface area (Å²) in [5, 5.41) is 0. The van der Waals surface area contributed by atoms with Crippen molar-refractivity contribution in [3.8, 4) is 17.0 Å². The van der Waals surface area contributed by atoms with Crippen molar-refractivity contribution in [2.75, 3.05) is 50.3 Å². The van der Waals surface area contributed by atoms with Gasteiger partial charge in [-0.25, -0.2) is 14.2 Å². The molecule has 2 aromatic heterocycles. The molecule has 0 atom stereocenters. The number of morpholine rings is 1. The minimum absolute atomic E-state index is 0.153. The molecule has 5 rings (SSSR count). The van der Waals surface area contributed by atoms with Crippen LogP contribution in [0.3, 0.4) is 0 Å². The SMILES string of the molecule is COc1cccc(F)c1-c1nccc2c1CN(c1ccc(N3CCOCC3)c(CN(C)C(=O)OC(C)(C)C)n1)C2=O. The molecule has 0 radical (unpaired) electrons. The van der Waals surface area contributed by atoms with E-state index in [-0.39, 0.29) is 24.6 Å². The molecule has 1 aromatic carbocycles. The first-order chi connectivity index (χ1) is 19.6. The van der Waals surface area contributed by atoms with Crippen LogP contribution in [0.4, 0.5) is 20.7 Å². The number of ether oxygens (including phenoxy) is 3. The summed E-state index contributed by atoms with van der Waals surface area (Å²) in [6.07, 6.45) is 1.02. The number of pyridine rings is 2. The standard InChI is InChI=1S/C30H34FN5O5/c1-30(2,3)41-29(38)34(4)18-22-23(35-13-15-40-16-14-35)9-10-25(33-22)36-17-20-19(28(36)37)11-12-32-27(20)26-21(31)7-6-8-24(26)39-5/h6-12H,13-18H2,1-5H3. The lowest BCUT2D eigenvalue weighted by Gasteiger charge is -2.32. The van der Waals surface area contributed by atoms with Crippen molar-refractivity contribution in [2.24, 2.45) is 0 Å². The van der Waals surface area contributed by atoms with Gasteiger partial charge in [0.05, 0.1) is 56.1 Å². The van der Waals surface area contributed by atoms with Crippen molar-refractivity contribution in [2.45, 2.75) is 39.5 Å². The molecule has 0 unspecified atom stereocenters. The monoisotopic (exact) mass is 563 g/mol. The summed E-state index contributed by atoms with van der Waals surface area (Å²) in [5.41, 5.74) is 2.40. The van der Waals surface area contributed by atoms with Gasteiger partial charge in [-0.2, -0.15) is 0 Å². The van der Waals surface area contributed by atoms with Gasteiger partial charge in [0.1, 0.15) is 23.0 Å². The molecule has 0 aliphatic carbocycles. The van der Waals surface area contributed by atoms with Gasteiger partial charge in [0.15, 0.2) is 0 Å². The van der Waals surface area contributed by atoms with Gasteiger partial charge in [-0.15, -0.1) is 0 Å². The summed E-state index contributed by atoms with van der Waals surface area (Å²) in [7, 11) is 3.12. The Labute approximate surface area is 238 Å². The maximum Gasteiger partial charge on any atom is 0.410 e. The summed E-state index contributed by atoms with van der Waals surface area (Å²) in [5.74, 6) is -0.00636. The average molecular weight is 564 g/mol. The second-order valence-corrected chi connectivity index (χ2v) is 11.0. The van der Waals surface area contributed by atoms with E-state index in [9.17, 15) is 14.0 Å². The van der Waals surface area contributed by atoms with Crippen LogP contribution in [-0.2, 0) is 22.6 Å². The van der Waals surface area contributed by atoms with Crippen LogP contribution in [0, 0.1) is 5.82 Å². The Hall–Kier alpha value is -4.25. The Kier molecular flexibility index (Phi) is 7.81. The summed E-state index contributed by atoms with van der Waals surface area (Å²) in [6, 6.07) is 9.91. The van der Waals surface area contributed by atoms with Crippen LogP contribution >= 0.6 is 0 Å². The molecule has 1 fully saturated rings. The van der Waals surface area contributed by atoms with Crippen molar-refractivity contribution in [3.63, 3.8) is 0 Å². The molecule has 2 aliphatic heterocycles. The molecule has 2 aliphatic rings. The van der Waals surface area contributed by atoms with Gasteiger partial charge in [0, 0.05) is 37.5 Å². The molecule has 3 aromatic rings. The minimum Gasteiger partial charge on any atom is -0.496 e. The lowest BCUT2D eigenvalue weighted by Crippen LogP contribution is -2.38. The van der Waals surface area contributed by atoms with Crippen molar-refractivity contribution in [1.29, 1.82) is 0 Å². The molecule has 216 valence electrons. The first-order valence-electron chi connectivity index (χ1n) is 13.5. The fraction of sp³-hybridized carbons (Fsp3) is 0.400. The van der Waals surface area contributed by atoms with Crippen LogP contribution in [0.2, 0.25) is 0 Å². The number of anilines is 2. The highest BCUT2D eigenvalue weighted by Gasteiger charge is 2.34. The summed E-state index contributed by atoms with van der Waals surface area (Å²) >= 11 is 0. The fourth-order valence-corrected chi connectivity index (χ4v) is 5.00. The van der Waals surface area contributed by atoms with Gasteiger partial charge >= 0.3 is 6.09 Å². The Balaban J connectivity index is 1.50. The van der Waals surface area contributed by atoms with Gasteiger partial charge in [-0.1, -0.05) is 6.07 Å². The Morgan fingerprint density at radius 3 is 2.61 bits per heavy atom. The van der Waals surface area contributed by atoms with Crippen molar-refractivity contribution < 1.29 is 28.2 Å². The Morgan fingerprint density at radius 1 is 1.15 bits per heavy atom. The number of carbonyl (C=O) groups is 2. The van der Waals surface area contributed by atoms with Crippen LogP contribution in [0.5, 0.6) is 5.75 Å². The maximum absolute atomic E-state index is 15.0. The highest BCUT2D eigenvalue weighted by molar-refractivity contribution is 6.10. The van der Waals surface area contributed by atoms with Gasteiger partial charge < -0.3 is 24.0 Å². The predicted octanol–water partition coefficient (Wildman–Crippen LogP) is 4.66. The molecule has 0 spiro atoms. The number of rotatable bonds is 6. The third kappa shape index (κ3) is 5.81. The van der Waals surface area contributed by atoms with Crippen LogP contribution in [0.15, 0.2) is 42.6 Å². The van der Waals surface area contributed by atoms with E-state index in [0.29, 0.717) is 60.4 Å². The van der Waals surface area contributed by atoms with Gasteiger partial charge in [0.2, 0.25) is 0 Å². The van der Waals surface area contributed by atoms with E-state index in [2.05, 4.69) is 9.88 Å². The highest BCUT2D eigenvalue weighted by Crippen LogP contribution is 2.39. The van der Waals surface area contributed by atoms with Crippen LogP contribution in [0.25, 0.3) is 11.3 Å². The third-order valence-corrected chi connectivity index (χ3v) is 6.94. The number of methoxy groups -OCH3 is 1. The van der Waals surface area contributed by atoms with E-state index in [1.54, 1.807) is 36.2 Å². The number of hydrogen-bond acceptors (Lipinski definition) is 8. The molecular formula is C30H34FN5O5. The highest BCUT2D eigenvalue weighted by atomic mass is 19.1. The molecule has 41 heavy (non-hydrogen) atoms. The van der Waals surface area contributed by atoms with Crippen LogP contribution < -0.4 is 14.5 Å². The summed E-state index contributed by atoms with van der Waals surface area (Å²) < 4.78 is 31.5. The molecule has 10 nitrogen and oxygen atoms in total.